The maximum atomic E-state index is 3.82. The SMILES string of the molecule is C=Cc1ccccc1CNCCCCC. The van der Waals surface area contributed by atoms with Gasteiger partial charge in [0, 0.05) is 6.54 Å². The van der Waals surface area contributed by atoms with E-state index in [4.69, 9.17) is 0 Å². The predicted octanol–water partition coefficient (Wildman–Crippen LogP) is 3.61. The highest BCUT2D eigenvalue weighted by Crippen LogP contribution is 2.09. The first-order valence-corrected chi connectivity index (χ1v) is 5.79. The number of nitrogens with one attached hydrogen (secondary N) is 1. The lowest BCUT2D eigenvalue weighted by atomic mass is 10.1. The van der Waals surface area contributed by atoms with Crippen molar-refractivity contribution in [1.82, 2.24) is 5.32 Å². The monoisotopic (exact) mass is 203 g/mol. The van der Waals surface area contributed by atoms with Crippen LogP contribution in [-0.2, 0) is 6.54 Å². The van der Waals surface area contributed by atoms with Gasteiger partial charge in [-0.15, -0.1) is 0 Å². The van der Waals surface area contributed by atoms with Crippen molar-refractivity contribution in [1.29, 1.82) is 0 Å². The number of benzene rings is 1. The summed E-state index contributed by atoms with van der Waals surface area (Å²) in [6.07, 6.45) is 5.79. The molecular weight excluding hydrogens is 182 g/mol. The molecule has 0 fully saturated rings. The summed E-state index contributed by atoms with van der Waals surface area (Å²) in [7, 11) is 0. The third-order valence-corrected chi connectivity index (χ3v) is 2.55. The maximum absolute atomic E-state index is 3.82. The highest BCUT2D eigenvalue weighted by molar-refractivity contribution is 5.51. The molecule has 0 aromatic heterocycles. The zero-order valence-electron chi connectivity index (χ0n) is 9.63. The second-order valence-electron chi connectivity index (χ2n) is 3.79. The van der Waals surface area contributed by atoms with Crippen LogP contribution in [0, 0.1) is 0 Å². The average molecular weight is 203 g/mol. The molecule has 0 aliphatic rings. The number of hydrogen-bond acceptors (Lipinski definition) is 1. The van der Waals surface area contributed by atoms with Gasteiger partial charge < -0.3 is 5.32 Å². The Morgan fingerprint density at radius 1 is 1.27 bits per heavy atom. The Hall–Kier alpha value is -1.08. The van der Waals surface area contributed by atoms with Crippen molar-refractivity contribution in [2.24, 2.45) is 0 Å². The van der Waals surface area contributed by atoms with E-state index < -0.39 is 0 Å². The van der Waals surface area contributed by atoms with Gasteiger partial charge in [0.2, 0.25) is 0 Å². The van der Waals surface area contributed by atoms with Gasteiger partial charge in [-0.05, 0) is 24.1 Å². The van der Waals surface area contributed by atoms with Crippen molar-refractivity contribution in [3.05, 3.63) is 42.0 Å². The molecule has 0 aliphatic heterocycles. The standard InChI is InChI=1S/C14H21N/c1-3-5-8-11-15-12-14-10-7-6-9-13(14)4-2/h4,6-7,9-10,15H,2-3,5,8,11-12H2,1H3. The van der Waals surface area contributed by atoms with Crippen molar-refractivity contribution < 1.29 is 0 Å². The summed E-state index contributed by atoms with van der Waals surface area (Å²) in [6, 6.07) is 8.40. The number of unbranched alkanes of at least 4 members (excludes halogenated alkanes) is 2. The summed E-state index contributed by atoms with van der Waals surface area (Å²) in [4.78, 5) is 0. The molecule has 0 saturated heterocycles. The van der Waals surface area contributed by atoms with E-state index in [2.05, 4.69) is 43.1 Å². The van der Waals surface area contributed by atoms with Crippen LogP contribution >= 0.6 is 0 Å². The van der Waals surface area contributed by atoms with Crippen LogP contribution in [0.25, 0.3) is 6.08 Å². The van der Waals surface area contributed by atoms with Crippen molar-refractivity contribution >= 4 is 6.08 Å². The zero-order chi connectivity index (χ0) is 10.9. The molecule has 0 amide bonds. The molecule has 1 nitrogen and oxygen atoms in total. The first kappa shape index (κ1) is 12.0. The molecule has 0 bridgehead atoms. The van der Waals surface area contributed by atoms with E-state index in [0.29, 0.717) is 0 Å². The Bertz CT molecular complexity index is 291. The lowest BCUT2D eigenvalue weighted by molar-refractivity contribution is 0.616. The molecule has 1 N–H and O–H groups in total. The molecular formula is C14H21N. The summed E-state index contributed by atoms with van der Waals surface area (Å²) in [5.74, 6) is 0. The maximum Gasteiger partial charge on any atom is 0.0211 e. The minimum Gasteiger partial charge on any atom is -0.313 e. The first-order chi connectivity index (χ1) is 7.38. The molecule has 0 atom stereocenters. The van der Waals surface area contributed by atoms with Gasteiger partial charge in [0.05, 0.1) is 0 Å². The predicted molar refractivity (Wildman–Crippen MR) is 67.8 cm³/mol. The minimum atomic E-state index is 0.950. The van der Waals surface area contributed by atoms with Gasteiger partial charge in [-0.1, -0.05) is 56.7 Å². The molecule has 0 aliphatic carbocycles. The smallest absolute Gasteiger partial charge is 0.0211 e. The lowest BCUT2D eigenvalue weighted by Gasteiger charge is -2.07. The van der Waals surface area contributed by atoms with Gasteiger partial charge >= 0.3 is 0 Å². The van der Waals surface area contributed by atoms with Gasteiger partial charge in [-0.3, -0.25) is 0 Å². The molecule has 1 aromatic rings. The van der Waals surface area contributed by atoms with Crippen LogP contribution < -0.4 is 5.32 Å². The van der Waals surface area contributed by atoms with E-state index in [1.54, 1.807) is 0 Å². The van der Waals surface area contributed by atoms with E-state index in [1.807, 2.05) is 6.08 Å². The molecule has 0 radical (unpaired) electrons. The van der Waals surface area contributed by atoms with E-state index in [-0.39, 0.29) is 0 Å². The molecule has 15 heavy (non-hydrogen) atoms. The Morgan fingerprint density at radius 2 is 2.07 bits per heavy atom. The van der Waals surface area contributed by atoms with Crippen LogP contribution in [0.2, 0.25) is 0 Å². The topological polar surface area (TPSA) is 12.0 Å². The van der Waals surface area contributed by atoms with Gasteiger partial charge in [0.15, 0.2) is 0 Å². The van der Waals surface area contributed by atoms with Crippen LogP contribution in [0.4, 0.5) is 0 Å². The van der Waals surface area contributed by atoms with Gasteiger partial charge in [-0.2, -0.15) is 0 Å². The van der Waals surface area contributed by atoms with Gasteiger partial charge in [-0.25, -0.2) is 0 Å². The number of hydrogen-bond donors (Lipinski definition) is 1. The third-order valence-electron chi connectivity index (χ3n) is 2.55. The summed E-state index contributed by atoms with van der Waals surface area (Å²) in [5.41, 5.74) is 2.57. The average Bonchev–Trinajstić information content (AvgIpc) is 2.29. The molecule has 0 saturated carbocycles. The highest BCUT2D eigenvalue weighted by atomic mass is 14.8. The second kappa shape index (κ2) is 7.24. The van der Waals surface area contributed by atoms with Crippen molar-refractivity contribution in [2.75, 3.05) is 6.54 Å². The Kier molecular flexibility index (Phi) is 5.79. The van der Waals surface area contributed by atoms with Crippen LogP contribution in [0.1, 0.15) is 37.3 Å². The molecule has 82 valence electrons. The summed E-state index contributed by atoms with van der Waals surface area (Å²) < 4.78 is 0. The van der Waals surface area contributed by atoms with Crippen LogP contribution in [0.5, 0.6) is 0 Å². The Morgan fingerprint density at radius 3 is 2.80 bits per heavy atom. The minimum absolute atomic E-state index is 0.950. The van der Waals surface area contributed by atoms with Crippen molar-refractivity contribution in [3.63, 3.8) is 0 Å². The fourth-order valence-electron chi connectivity index (χ4n) is 1.62. The van der Waals surface area contributed by atoms with Crippen LogP contribution in [0.15, 0.2) is 30.8 Å². The summed E-state index contributed by atoms with van der Waals surface area (Å²) in [5, 5.41) is 3.46. The van der Waals surface area contributed by atoms with E-state index in [9.17, 15) is 0 Å². The van der Waals surface area contributed by atoms with Gasteiger partial charge in [0.25, 0.3) is 0 Å². The summed E-state index contributed by atoms with van der Waals surface area (Å²) >= 11 is 0. The molecule has 0 unspecified atom stereocenters. The molecule has 0 heterocycles. The van der Waals surface area contributed by atoms with Gasteiger partial charge in [0.1, 0.15) is 0 Å². The Labute approximate surface area is 93.2 Å². The fraction of sp³-hybridized carbons (Fsp3) is 0.429. The zero-order valence-corrected chi connectivity index (χ0v) is 9.63. The summed E-state index contributed by atoms with van der Waals surface area (Å²) in [6.45, 7) is 8.11. The quantitative estimate of drug-likeness (QED) is 0.667. The van der Waals surface area contributed by atoms with Crippen molar-refractivity contribution in [3.8, 4) is 0 Å². The van der Waals surface area contributed by atoms with E-state index in [1.165, 1.54) is 30.4 Å². The Balaban J connectivity index is 2.33. The molecule has 1 rings (SSSR count). The van der Waals surface area contributed by atoms with Crippen LogP contribution in [-0.4, -0.2) is 6.54 Å². The highest BCUT2D eigenvalue weighted by Gasteiger charge is 1.96. The lowest BCUT2D eigenvalue weighted by Crippen LogP contribution is -2.15. The fourth-order valence-corrected chi connectivity index (χ4v) is 1.62. The molecule has 1 heteroatoms. The second-order valence-corrected chi connectivity index (χ2v) is 3.79. The van der Waals surface area contributed by atoms with Crippen molar-refractivity contribution in [2.45, 2.75) is 32.7 Å². The van der Waals surface area contributed by atoms with E-state index >= 15 is 0 Å². The normalized spacial score (nSPS) is 10.2. The van der Waals surface area contributed by atoms with Crippen LogP contribution in [0.3, 0.4) is 0 Å². The molecule has 1 aromatic carbocycles. The largest absolute Gasteiger partial charge is 0.313 e. The third kappa shape index (κ3) is 4.30. The number of rotatable bonds is 7. The van der Waals surface area contributed by atoms with E-state index in [0.717, 1.165) is 13.1 Å². The molecule has 0 spiro atoms. The first-order valence-electron chi connectivity index (χ1n) is 5.79.